The predicted molar refractivity (Wildman–Crippen MR) is 80.8 cm³/mol. The first-order valence-corrected chi connectivity index (χ1v) is 7.48. The van der Waals surface area contributed by atoms with Crippen LogP contribution in [0.4, 0.5) is 5.69 Å². The van der Waals surface area contributed by atoms with Crippen LogP contribution < -0.4 is 5.32 Å². The zero-order chi connectivity index (χ0) is 15.1. The Morgan fingerprint density at radius 3 is 2.86 bits per heavy atom. The van der Waals surface area contributed by atoms with Crippen molar-refractivity contribution in [1.82, 2.24) is 14.8 Å². The number of aryl methyl sites for hydroxylation is 1. The zero-order valence-electron chi connectivity index (χ0n) is 11.6. The molecule has 108 valence electrons. The molecule has 0 unspecified atom stereocenters. The van der Waals surface area contributed by atoms with Gasteiger partial charge in [-0.1, -0.05) is 23.9 Å². The highest BCUT2D eigenvalue weighted by molar-refractivity contribution is 7.99. The standard InChI is InChI=1S/C14H15N5OS/c1-2-19-10-16-18-14(19)21-9-13(20)17-12-5-3-11(4-6-12)7-8-15/h3-6,10H,2,7,9H2,1H3,(H,17,20). The topological polar surface area (TPSA) is 83.6 Å². The van der Waals surface area contributed by atoms with Gasteiger partial charge in [0.05, 0.1) is 18.2 Å². The summed E-state index contributed by atoms with van der Waals surface area (Å²) in [5.74, 6) is 0.178. The second kappa shape index (κ2) is 7.45. The van der Waals surface area contributed by atoms with E-state index >= 15 is 0 Å². The van der Waals surface area contributed by atoms with Crippen molar-refractivity contribution in [2.24, 2.45) is 0 Å². The summed E-state index contributed by atoms with van der Waals surface area (Å²) in [4.78, 5) is 11.9. The molecule has 1 amide bonds. The summed E-state index contributed by atoms with van der Waals surface area (Å²) in [7, 11) is 0. The molecule has 0 aliphatic heterocycles. The minimum absolute atomic E-state index is 0.0984. The molecule has 2 rings (SSSR count). The molecule has 2 aromatic rings. The number of thioether (sulfide) groups is 1. The van der Waals surface area contributed by atoms with Crippen LogP contribution in [0.15, 0.2) is 35.7 Å². The maximum atomic E-state index is 11.9. The third-order valence-corrected chi connectivity index (χ3v) is 3.75. The summed E-state index contributed by atoms with van der Waals surface area (Å²) >= 11 is 1.35. The molecule has 7 heteroatoms. The minimum atomic E-state index is -0.0984. The number of hydrogen-bond donors (Lipinski definition) is 1. The van der Waals surface area contributed by atoms with E-state index in [1.165, 1.54) is 11.8 Å². The number of benzene rings is 1. The van der Waals surface area contributed by atoms with E-state index < -0.39 is 0 Å². The van der Waals surface area contributed by atoms with Crippen LogP contribution in [-0.4, -0.2) is 26.4 Å². The molecular weight excluding hydrogens is 286 g/mol. The second-order valence-electron chi connectivity index (χ2n) is 4.27. The third kappa shape index (κ3) is 4.33. The Morgan fingerprint density at radius 2 is 2.19 bits per heavy atom. The number of aromatic nitrogens is 3. The van der Waals surface area contributed by atoms with Crippen LogP contribution in [0.5, 0.6) is 0 Å². The molecule has 0 aliphatic carbocycles. The highest BCUT2D eigenvalue weighted by atomic mass is 32.2. The molecule has 0 aliphatic rings. The Labute approximate surface area is 127 Å². The minimum Gasteiger partial charge on any atom is -0.325 e. The number of nitrogens with one attached hydrogen (secondary N) is 1. The summed E-state index contributed by atoms with van der Waals surface area (Å²) in [5, 5.41) is 19.9. The summed E-state index contributed by atoms with van der Waals surface area (Å²) in [6.07, 6.45) is 2.02. The van der Waals surface area contributed by atoms with E-state index in [-0.39, 0.29) is 11.7 Å². The Kier molecular flexibility index (Phi) is 5.35. The SMILES string of the molecule is CCn1cnnc1SCC(=O)Nc1ccc(CC#N)cc1. The van der Waals surface area contributed by atoms with Crippen molar-refractivity contribution >= 4 is 23.4 Å². The monoisotopic (exact) mass is 301 g/mol. The van der Waals surface area contributed by atoms with Gasteiger partial charge in [-0.15, -0.1) is 10.2 Å². The number of nitriles is 1. The first-order chi connectivity index (χ1) is 10.2. The fourth-order valence-electron chi connectivity index (χ4n) is 1.70. The van der Waals surface area contributed by atoms with Crippen LogP contribution in [0.2, 0.25) is 0 Å². The molecule has 1 aromatic heterocycles. The number of carbonyl (C=O) groups is 1. The number of rotatable bonds is 6. The highest BCUT2D eigenvalue weighted by Crippen LogP contribution is 2.15. The molecule has 0 saturated heterocycles. The molecule has 0 saturated carbocycles. The van der Waals surface area contributed by atoms with Gasteiger partial charge in [-0.25, -0.2) is 0 Å². The van der Waals surface area contributed by atoms with E-state index in [1.54, 1.807) is 18.5 Å². The van der Waals surface area contributed by atoms with Crippen LogP contribution in [0.1, 0.15) is 12.5 Å². The maximum Gasteiger partial charge on any atom is 0.234 e. The summed E-state index contributed by atoms with van der Waals surface area (Å²) < 4.78 is 1.88. The van der Waals surface area contributed by atoms with Gasteiger partial charge >= 0.3 is 0 Å². The van der Waals surface area contributed by atoms with Crippen molar-refractivity contribution in [3.8, 4) is 6.07 Å². The average Bonchev–Trinajstić information content (AvgIpc) is 2.95. The number of amides is 1. The van der Waals surface area contributed by atoms with Crippen LogP contribution in [-0.2, 0) is 17.8 Å². The van der Waals surface area contributed by atoms with Gasteiger partial charge in [0.1, 0.15) is 6.33 Å². The maximum absolute atomic E-state index is 11.9. The molecule has 1 aromatic carbocycles. The van der Waals surface area contributed by atoms with Gasteiger partial charge in [0.2, 0.25) is 5.91 Å². The molecule has 1 N–H and O–H groups in total. The van der Waals surface area contributed by atoms with E-state index in [4.69, 9.17) is 5.26 Å². The molecule has 6 nitrogen and oxygen atoms in total. The fraction of sp³-hybridized carbons (Fsp3) is 0.286. The quantitative estimate of drug-likeness (QED) is 0.826. The number of carbonyl (C=O) groups excluding carboxylic acids is 1. The predicted octanol–water partition coefficient (Wildman–Crippen LogP) is 2.09. The van der Waals surface area contributed by atoms with E-state index in [9.17, 15) is 4.79 Å². The van der Waals surface area contributed by atoms with Crippen molar-refractivity contribution in [2.45, 2.75) is 25.0 Å². The third-order valence-electron chi connectivity index (χ3n) is 2.77. The van der Waals surface area contributed by atoms with Crippen LogP contribution >= 0.6 is 11.8 Å². The summed E-state index contributed by atoms with van der Waals surface area (Å²) in [5.41, 5.74) is 1.65. The summed E-state index contributed by atoms with van der Waals surface area (Å²) in [6, 6.07) is 9.34. The Hall–Kier alpha value is -2.33. The average molecular weight is 301 g/mol. The van der Waals surface area contributed by atoms with Crippen molar-refractivity contribution in [1.29, 1.82) is 5.26 Å². The first-order valence-electron chi connectivity index (χ1n) is 6.49. The van der Waals surface area contributed by atoms with Crippen molar-refractivity contribution in [3.63, 3.8) is 0 Å². The molecule has 1 heterocycles. The Morgan fingerprint density at radius 1 is 1.43 bits per heavy atom. The van der Waals surface area contributed by atoms with Crippen molar-refractivity contribution in [2.75, 3.05) is 11.1 Å². The lowest BCUT2D eigenvalue weighted by molar-refractivity contribution is -0.113. The molecule has 0 radical (unpaired) electrons. The van der Waals surface area contributed by atoms with Gasteiger partial charge in [0.15, 0.2) is 5.16 Å². The molecule has 0 bridgehead atoms. The lowest BCUT2D eigenvalue weighted by atomic mass is 10.1. The largest absolute Gasteiger partial charge is 0.325 e. The number of hydrogen-bond acceptors (Lipinski definition) is 5. The van der Waals surface area contributed by atoms with Crippen molar-refractivity contribution in [3.05, 3.63) is 36.2 Å². The van der Waals surface area contributed by atoms with E-state index in [0.29, 0.717) is 6.42 Å². The number of nitrogens with zero attached hydrogens (tertiary/aromatic N) is 4. The van der Waals surface area contributed by atoms with Gasteiger partial charge < -0.3 is 9.88 Å². The smallest absolute Gasteiger partial charge is 0.234 e. The normalized spacial score (nSPS) is 10.1. The van der Waals surface area contributed by atoms with Crippen molar-refractivity contribution < 1.29 is 4.79 Å². The highest BCUT2D eigenvalue weighted by Gasteiger charge is 2.08. The van der Waals surface area contributed by atoms with Crippen LogP contribution in [0, 0.1) is 11.3 Å². The van der Waals surface area contributed by atoms with E-state index in [2.05, 4.69) is 21.6 Å². The van der Waals surface area contributed by atoms with E-state index in [0.717, 1.165) is 23.0 Å². The molecule has 0 fully saturated rings. The first kappa shape index (κ1) is 15.1. The zero-order valence-corrected chi connectivity index (χ0v) is 12.4. The van der Waals surface area contributed by atoms with Gasteiger partial charge in [-0.3, -0.25) is 4.79 Å². The number of anilines is 1. The fourth-order valence-corrected chi connectivity index (χ4v) is 2.48. The van der Waals surface area contributed by atoms with E-state index in [1.807, 2.05) is 23.6 Å². The molecule has 21 heavy (non-hydrogen) atoms. The molecular formula is C14H15N5OS. The van der Waals surface area contributed by atoms with Crippen LogP contribution in [0.3, 0.4) is 0 Å². The van der Waals surface area contributed by atoms with Crippen LogP contribution in [0.25, 0.3) is 0 Å². The Balaban J connectivity index is 1.86. The van der Waals surface area contributed by atoms with Gasteiger partial charge in [0.25, 0.3) is 0 Å². The van der Waals surface area contributed by atoms with Gasteiger partial charge in [0, 0.05) is 12.2 Å². The summed E-state index contributed by atoms with van der Waals surface area (Å²) in [6.45, 7) is 2.77. The van der Waals surface area contributed by atoms with Gasteiger partial charge in [-0.2, -0.15) is 5.26 Å². The second-order valence-corrected chi connectivity index (χ2v) is 5.21. The lowest BCUT2D eigenvalue weighted by Gasteiger charge is -2.06. The molecule has 0 spiro atoms. The lowest BCUT2D eigenvalue weighted by Crippen LogP contribution is -2.14. The Bertz CT molecular complexity index is 644. The van der Waals surface area contributed by atoms with Gasteiger partial charge in [-0.05, 0) is 24.6 Å². The molecule has 0 atom stereocenters.